The molecule has 0 bridgehead atoms. The fraction of sp³-hybridized carbons (Fsp3) is 0.167. The highest BCUT2D eigenvalue weighted by Crippen LogP contribution is 2.37. The first kappa shape index (κ1) is 15.9. The van der Waals surface area contributed by atoms with Crippen molar-refractivity contribution < 1.29 is 13.9 Å². The molecule has 0 fully saturated rings. The topological polar surface area (TPSA) is 31.4 Å². The maximum atomic E-state index is 14.4. The van der Waals surface area contributed by atoms with Crippen molar-refractivity contribution in [2.24, 2.45) is 0 Å². The minimum atomic E-state index is -0.652. The van der Waals surface area contributed by atoms with E-state index in [0.717, 1.165) is 10.9 Å². The van der Waals surface area contributed by atoms with Gasteiger partial charge in [-0.3, -0.25) is 4.98 Å². The van der Waals surface area contributed by atoms with Gasteiger partial charge in [-0.25, -0.2) is 4.39 Å². The van der Waals surface area contributed by atoms with Crippen LogP contribution in [0.4, 0.5) is 4.39 Å². The number of ether oxygens (including phenoxy) is 2. The van der Waals surface area contributed by atoms with Crippen molar-refractivity contribution in [3.63, 3.8) is 0 Å². The maximum Gasteiger partial charge on any atom is 0.185 e. The molecule has 3 rings (SSSR count). The molecule has 0 aliphatic rings. The summed E-state index contributed by atoms with van der Waals surface area (Å²) in [5.74, 6) is -0.327. The second kappa shape index (κ2) is 6.62. The number of pyridine rings is 1. The average molecular weight is 332 g/mol. The number of benzene rings is 2. The molecule has 3 aromatic rings. The standard InChI is InChI=1S/C18H15ClFNO2/c1-22-18(23-2)14-10-21-16-8-7-11(19)9-13(16)17(14)12-5-3-4-6-15(12)20/h3-10,18H,1-2H3. The van der Waals surface area contributed by atoms with Crippen molar-refractivity contribution >= 4 is 22.5 Å². The van der Waals surface area contributed by atoms with Crippen LogP contribution in [0.15, 0.2) is 48.7 Å². The fourth-order valence-electron chi connectivity index (χ4n) is 2.67. The quantitative estimate of drug-likeness (QED) is 0.631. The van der Waals surface area contributed by atoms with Gasteiger partial charge in [0.05, 0.1) is 5.52 Å². The molecule has 0 aliphatic carbocycles. The number of hydrogen-bond acceptors (Lipinski definition) is 3. The van der Waals surface area contributed by atoms with Crippen LogP contribution in [-0.2, 0) is 9.47 Å². The van der Waals surface area contributed by atoms with E-state index >= 15 is 0 Å². The van der Waals surface area contributed by atoms with Crippen LogP contribution in [0.2, 0.25) is 5.02 Å². The van der Waals surface area contributed by atoms with Crippen LogP contribution in [0, 0.1) is 5.82 Å². The molecule has 0 N–H and O–H groups in total. The fourth-order valence-corrected chi connectivity index (χ4v) is 2.85. The first-order valence-electron chi connectivity index (χ1n) is 7.04. The minimum absolute atomic E-state index is 0.327. The summed E-state index contributed by atoms with van der Waals surface area (Å²) in [6.45, 7) is 0. The zero-order valence-electron chi connectivity index (χ0n) is 12.7. The van der Waals surface area contributed by atoms with Crippen molar-refractivity contribution in [2.45, 2.75) is 6.29 Å². The van der Waals surface area contributed by atoms with Crippen LogP contribution in [0.25, 0.3) is 22.0 Å². The predicted molar refractivity (Wildman–Crippen MR) is 88.9 cm³/mol. The van der Waals surface area contributed by atoms with Gasteiger partial charge in [-0.1, -0.05) is 29.8 Å². The molecule has 0 unspecified atom stereocenters. The summed E-state index contributed by atoms with van der Waals surface area (Å²) in [5, 5.41) is 1.31. The molecule has 118 valence electrons. The zero-order chi connectivity index (χ0) is 16.4. The maximum absolute atomic E-state index is 14.4. The van der Waals surface area contributed by atoms with Gasteiger partial charge in [0.1, 0.15) is 5.82 Å². The van der Waals surface area contributed by atoms with Gasteiger partial charge in [-0.05, 0) is 24.3 Å². The first-order valence-corrected chi connectivity index (χ1v) is 7.42. The molecular formula is C18H15ClFNO2. The molecule has 0 amide bonds. The Balaban J connectivity index is 2.40. The second-order valence-corrected chi connectivity index (χ2v) is 5.47. The molecule has 0 spiro atoms. The largest absolute Gasteiger partial charge is 0.352 e. The lowest BCUT2D eigenvalue weighted by atomic mass is 9.95. The van der Waals surface area contributed by atoms with Gasteiger partial charge in [0.15, 0.2) is 6.29 Å². The number of halogens is 2. The van der Waals surface area contributed by atoms with E-state index in [0.29, 0.717) is 21.7 Å². The van der Waals surface area contributed by atoms with E-state index in [4.69, 9.17) is 21.1 Å². The lowest BCUT2D eigenvalue weighted by Crippen LogP contribution is -2.07. The highest BCUT2D eigenvalue weighted by atomic mass is 35.5. The van der Waals surface area contributed by atoms with Gasteiger partial charge in [-0.2, -0.15) is 0 Å². The van der Waals surface area contributed by atoms with Crippen LogP contribution >= 0.6 is 11.6 Å². The normalized spacial score (nSPS) is 11.3. The Bertz CT molecular complexity index is 850. The third-order valence-electron chi connectivity index (χ3n) is 3.68. The minimum Gasteiger partial charge on any atom is -0.352 e. The van der Waals surface area contributed by atoms with Crippen LogP contribution in [0.1, 0.15) is 11.9 Å². The summed E-state index contributed by atoms with van der Waals surface area (Å²) >= 11 is 6.13. The molecule has 2 aromatic carbocycles. The van der Waals surface area contributed by atoms with Crippen molar-refractivity contribution in [1.82, 2.24) is 4.98 Å². The van der Waals surface area contributed by atoms with Crippen molar-refractivity contribution in [2.75, 3.05) is 14.2 Å². The van der Waals surface area contributed by atoms with Crippen molar-refractivity contribution in [3.8, 4) is 11.1 Å². The summed E-state index contributed by atoms with van der Waals surface area (Å²) in [7, 11) is 3.06. The Labute approximate surface area is 138 Å². The molecule has 0 aliphatic heterocycles. The Kier molecular flexibility index (Phi) is 4.57. The van der Waals surface area contributed by atoms with Crippen LogP contribution < -0.4 is 0 Å². The molecule has 0 radical (unpaired) electrons. The van der Waals surface area contributed by atoms with Crippen LogP contribution in [0.3, 0.4) is 0 Å². The summed E-state index contributed by atoms with van der Waals surface area (Å²) in [6.07, 6.45) is 0.996. The van der Waals surface area contributed by atoms with E-state index in [1.54, 1.807) is 42.6 Å². The van der Waals surface area contributed by atoms with Crippen molar-refractivity contribution in [3.05, 3.63) is 65.1 Å². The number of fused-ring (bicyclic) bond motifs is 1. The zero-order valence-corrected chi connectivity index (χ0v) is 13.5. The Morgan fingerprint density at radius 1 is 1.09 bits per heavy atom. The summed E-state index contributed by atoms with van der Waals surface area (Å²) in [4.78, 5) is 4.41. The average Bonchev–Trinajstić information content (AvgIpc) is 2.56. The number of methoxy groups -OCH3 is 2. The van der Waals surface area contributed by atoms with Gasteiger partial charge in [0.2, 0.25) is 0 Å². The third-order valence-corrected chi connectivity index (χ3v) is 3.92. The van der Waals surface area contributed by atoms with E-state index < -0.39 is 6.29 Å². The number of aromatic nitrogens is 1. The van der Waals surface area contributed by atoms with Gasteiger partial charge >= 0.3 is 0 Å². The first-order chi connectivity index (χ1) is 11.2. The Hall–Kier alpha value is -2.01. The molecule has 0 saturated heterocycles. The number of nitrogens with zero attached hydrogens (tertiary/aromatic N) is 1. The van der Waals surface area contributed by atoms with Gasteiger partial charge in [0.25, 0.3) is 0 Å². The van der Waals surface area contributed by atoms with Crippen LogP contribution in [-0.4, -0.2) is 19.2 Å². The molecular weight excluding hydrogens is 317 g/mol. The predicted octanol–water partition coefficient (Wildman–Crippen LogP) is 4.99. The van der Waals surface area contributed by atoms with Gasteiger partial charge in [0, 0.05) is 47.5 Å². The lowest BCUT2D eigenvalue weighted by molar-refractivity contribution is -0.105. The van der Waals surface area contributed by atoms with E-state index in [1.807, 2.05) is 0 Å². The summed E-state index contributed by atoms with van der Waals surface area (Å²) in [6, 6.07) is 11.9. The van der Waals surface area contributed by atoms with E-state index in [9.17, 15) is 4.39 Å². The summed E-state index contributed by atoms with van der Waals surface area (Å²) in [5.41, 5.74) is 2.50. The molecule has 0 saturated carbocycles. The molecule has 3 nitrogen and oxygen atoms in total. The smallest absolute Gasteiger partial charge is 0.185 e. The molecule has 5 heteroatoms. The molecule has 1 aromatic heterocycles. The number of hydrogen-bond donors (Lipinski definition) is 0. The third kappa shape index (κ3) is 2.93. The second-order valence-electron chi connectivity index (χ2n) is 5.03. The Morgan fingerprint density at radius 3 is 2.52 bits per heavy atom. The molecule has 0 atom stereocenters. The monoisotopic (exact) mass is 331 g/mol. The highest BCUT2D eigenvalue weighted by Gasteiger charge is 2.20. The lowest BCUT2D eigenvalue weighted by Gasteiger charge is -2.19. The number of rotatable bonds is 4. The van der Waals surface area contributed by atoms with Gasteiger partial charge in [-0.15, -0.1) is 0 Å². The van der Waals surface area contributed by atoms with Gasteiger partial charge < -0.3 is 9.47 Å². The van der Waals surface area contributed by atoms with E-state index in [1.165, 1.54) is 20.3 Å². The Morgan fingerprint density at radius 2 is 1.83 bits per heavy atom. The molecule has 23 heavy (non-hydrogen) atoms. The van der Waals surface area contributed by atoms with Crippen molar-refractivity contribution in [1.29, 1.82) is 0 Å². The summed E-state index contributed by atoms with van der Waals surface area (Å²) < 4.78 is 25.1. The van der Waals surface area contributed by atoms with E-state index in [-0.39, 0.29) is 5.82 Å². The van der Waals surface area contributed by atoms with Crippen LogP contribution in [0.5, 0.6) is 0 Å². The molecule has 1 heterocycles. The highest BCUT2D eigenvalue weighted by molar-refractivity contribution is 6.31. The van der Waals surface area contributed by atoms with E-state index in [2.05, 4.69) is 4.98 Å². The SMILES string of the molecule is COC(OC)c1cnc2ccc(Cl)cc2c1-c1ccccc1F.